The summed E-state index contributed by atoms with van der Waals surface area (Å²) in [6, 6.07) is 14.2. The zero-order valence-corrected chi connectivity index (χ0v) is 18.6. The molecule has 2 heterocycles. The predicted octanol–water partition coefficient (Wildman–Crippen LogP) is 6.12. The maximum atomic E-state index is 6.19. The minimum absolute atomic E-state index is 0.319. The van der Waals surface area contributed by atoms with Crippen LogP contribution in [-0.2, 0) is 15.9 Å². The molecule has 1 N–H and O–H groups in total. The third kappa shape index (κ3) is 3.79. The van der Waals surface area contributed by atoms with E-state index in [9.17, 15) is 0 Å². The Morgan fingerprint density at radius 2 is 1.64 bits per heavy atom. The van der Waals surface area contributed by atoms with E-state index in [1.165, 1.54) is 15.6 Å². The minimum atomic E-state index is -0.331. The molecule has 0 unspecified atom stereocenters. The van der Waals surface area contributed by atoms with Gasteiger partial charge in [0.2, 0.25) is 0 Å². The van der Waals surface area contributed by atoms with Crippen LogP contribution in [0, 0.1) is 0 Å². The Morgan fingerprint density at radius 1 is 0.929 bits per heavy atom. The molecule has 3 aromatic rings. The van der Waals surface area contributed by atoms with E-state index in [1.54, 1.807) is 17.4 Å². The molecular formula is C21H22BCl2NO2S. The summed E-state index contributed by atoms with van der Waals surface area (Å²) in [4.78, 5) is 0. The molecule has 3 nitrogen and oxygen atoms in total. The molecule has 2 aromatic carbocycles. The van der Waals surface area contributed by atoms with Gasteiger partial charge in [-0.3, -0.25) is 0 Å². The van der Waals surface area contributed by atoms with Crippen molar-refractivity contribution >= 4 is 62.2 Å². The highest BCUT2D eigenvalue weighted by atomic mass is 35.5. The van der Waals surface area contributed by atoms with E-state index in [4.69, 9.17) is 32.5 Å². The summed E-state index contributed by atoms with van der Waals surface area (Å²) in [7, 11) is -0.319. The Bertz CT molecular complexity index is 1020. The topological polar surface area (TPSA) is 30.5 Å². The van der Waals surface area contributed by atoms with Crippen LogP contribution in [0.3, 0.4) is 0 Å². The van der Waals surface area contributed by atoms with Gasteiger partial charge in [0.15, 0.2) is 0 Å². The van der Waals surface area contributed by atoms with E-state index in [-0.39, 0.29) is 18.3 Å². The highest BCUT2D eigenvalue weighted by Gasteiger charge is 2.52. The van der Waals surface area contributed by atoms with Crippen molar-refractivity contribution in [3.05, 3.63) is 58.1 Å². The Labute approximate surface area is 180 Å². The molecule has 0 atom stereocenters. The average molecular weight is 434 g/mol. The number of rotatable bonds is 4. The van der Waals surface area contributed by atoms with Crippen LogP contribution in [0.1, 0.15) is 33.3 Å². The second-order valence-corrected chi connectivity index (χ2v) is 10.0. The highest BCUT2D eigenvalue weighted by Crippen LogP contribution is 2.37. The summed E-state index contributed by atoms with van der Waals surface area (Å²) in [5.74, 6) is 0. The predicted molar refractivity (Wildman–Crippen MR) is 121 cm³/mol. The zero-order valence-electron chi connectivity index (χ0n) is 16.3. The van der Waals surface area contributed by atoms with Crippen molar-refractivity contribution < 1.29 is 9.31 Å². The smallest absolute Gasteiger partial charge is 0.399 e. The SMILES string of the molecule is CC1(C)OB(c2cc3cc(CNc4ccc(Cl)c(Cl)c4)ccc3s2)OC1(C)C. The fraction of sp³-hybridized carbons (Fsp3) is 0.333. The quantitative estimate of drug-likeness (QED) is 0.502. The summed E-state index contributed by atoms with van der Waals surface area (Å²) in [5, 5.41) is 5.69. The van der Waals surface area contributed by atoms with E-state index in [2.05, 4.69) is 57.3 Å². The van der Waals surface area contributed by atoms with Gasteiger partial charge < -0.3 is 14.6 Å². The molecule has 0 bridgehead atoms. The fourth-order valence-electron chi connectivity index (χ4n) is 3.11. The second-order valence-electron chi connectivity index (χ2n) is 8.09. The number of halogens is 2. The normalized spacial score (nSPS) is 18.0. The Kier molecular flexibility index (Phi) is 5.18. The lowest BCUT2D eigenvalue weighted by Gasteiger charge is -2.32. The van der Waals surface area contributed by atoms with Gasteiger partial charge in [-0.05, 0) is 75.0 Å². The van der Waals surface area contributed by atoms with Crippen molar-refractivity contribution in [3.8, 4) is 0 Å². The molecule has 1 saturated heterocycles. The highest BCUT2D eigenvalue weighted by molar-refractivity contribution is 7.28. The van der Waals surface area contributed by atoms with Gasteiger partial charge in [0.05, 0.1) is 21.2 Å². The van der Waals surface area contributed by atoms with Gasteiger partial charge in [0, 0.05) is 21.7 Å². The first-order valence-electron chi connectivity index (χ1n) is 9.22. The molecule has 0 saturated carbocycles. The molecule has 146 valence electrons. The lowest BCUT2D eigenvalue weighted by molar-refractivity contribution is 0.00578. The van der Waals surface area contributed by atoms with Crippen molar-refractivity contribution in [2.75, 3.05) is 5.32 Å². The van der Waals surface area contributed by atoms with Crippen LogP contribution in [0.25, 0.3) is 10.1 Å². The van der Waals surface area contributed by atoms with Crippen LogP contribution >= 0.6 is 34.5 Å². The fourth-order valence-corrected chi connectivity index (χ4v) is 4.41. The second kappa shape index (κ2) is 7.23. The Hall–Kier alpha value is -1.24. The molecule has 1 fully saturated rings. The number of anilines is 1. The molecule has 28 heavy (non-hydrogen) atoms. The first kappa shape index (κ1) is 20.1. The molecule has 0 amide bonds. The lowest BCUT2D eigenvalue weighted by atomic mass is 9.87. The van der Waals surface area contributed by atoms with Gasteiger partial charge in [0.1, 0.15) is 0 Å². The number of nitrogens with one attached hydrogen (secondary N) is 1. The summed E-state index contributed by atoms with van der Waals surface area (Å²) in [6.07, 6.45) is 0. The van der Waals surface area contributed by atoms with Gasteiger partial charge in [-0.25, -0.2) is 0 Å². The summed E-state index contributed by atoms with van der Waals surface area (Å²) in [5.41, 5.74) is 1.47. The summed E-state index contributed by atoms with van der Waals surface area (Å²) in [6.45, 7) is 9.01. The number of fused-ring (bicyclic) bond motifs is 1. The molecular weight excluding hydrogens is 412 g/mol. The van der Waals surface area contributed by atoms with Gasteiger partial charge in [-0.1, -0.05) is 29.3 Å². The van der Waals surface area contributed by atoms with Crippen LogP contribution in [0.4, 0.5) is 5.69 Å². The number of thiophene rings is 1. The number of hydrogen-bond acceptors (Lipinski definition) is 4. The van der Waals surface area contributed by atoms with Crippen LogP contribution in [-0.4, -0.2) is 18.3 Å². The largest absolute Gasteiger partial charge is 0.505 e. The van der Waals surface area contributed by atoms with Crippen molar-refractivity contribution in [2.45, 2.75) is 45.4 Å². The van der Waals surface area contributed by atoms with Gasteiger partial charge in [-0.15, -0.1) is 11.3 Å². The molecule has 1 aliphatic rings. The first-order chi connectivity index (χ1) is 13.1. The Morgan fingerprint density at radius 3 is 2.32 bits per heavy atom. The lowest BCUT2D eigenvalue weighted by Crippen LogP contribution is -2.41. The van der Waals surface area contributed by atoms with Crippen molar-refractivity contribution in [3.63, 3.8) is 0 Å². The third-order valence-electron chi connectivity index (χ3n) is 5.50. The van der Waals surface area contributed by atoms with Crippen LogP contribution < -0.4 is 10.1 Å². The molecule has 0 spiro atoms. The van der Waals surface area contributed by atoms with Crippen LogP contribution in [0.5, 0.6) is 0 Å². The summed E-state index contributed by atoms with van der Waals surface area (Å²) >= 11 is 13.8. The molecule has 1 aromatic heterocycles. The molecule has 0 aliphatic carbocycles. The minimum Gasteiger partial charge on any atom is -0.399 e. The van der Waals surface area contributed by atoms with Crippen molar-refractivity contribution in [2.24, 2.45) is 0 Å². The molecule has 1 aliphatic heterocycles. The standard InChI is InChI=1S/C21H22BCl2NO2S/c1-20(2)21(3,4)27-22(26-20)19-10-14-9-13(5-8-18(14)28-19)12-25-15-6-7-16(23)17(24)11-15/h5-11,25H,12H2,1-4H3. The van der Waals surface area contributed by atoms with Gasteiger partial charge >= 0.3 is 7.12 Å². The number of hydrogen-bond donors (Lipinski definition) is 1. The van der Waals surface area contributed by atoms with E-state index in [0.29, 0.717) is 16.6 Å². The van der Waals surface area contributed by atoms with Crippen molar-refractivity contribution in [1.82, 2.24) is 0 Å². The van der Waals surface area contributed by atoms with E-state index in [1.807, 2.05) is 12.1 Å². The van der Waals surface area contributed by atoms with E-state index >= 15 is 0 Å². The van der Waals surface area contributed by atoms with Gasteiger partial charge in [-0.2, -0.15) is 0 Å². The zero-order chi connectivity index (χ0) is 20.1. The maximum absolute atomic E-state index is 6.19. The van der Waals surface area contributed by atoms with E-state index in [0.717, 1.165) is 10.5 Å². The van der Waals surface area contributed by atoms with Crippen LogP contribution in [0.2, 0.25) is 10.0 Å². The number of benzene rings is 2. The summed E-state index contributed by atoms with van der Waals surface area (Å²) < 4.78 is 14.7. The maximum Gasteiger partial charge on any atom is 0.505 e. The molecule has 4 rings (SSSR count). The molecule has 0 radical (unpaired) electrons. The van der Waals surface area contributed by atoms with E-state index < -0.39 is 0 Å². The monoisotopic (exact) mass is 433 g/mol. The third-order valence-corrected chi connectivity index (χ3v) is 7.38. The molecule has 7 heteroatoms. The van der Waals surface area contributed by atoms with Gasteiger partial charge in [0.25, 0.3) is 0 Å². The first-order valence-corrected chi connectivity index (χ1v) is 10.8. The Balaban J connectivity index is 1.51. The average Bonchev–Trinajstić information content (AvgIpc) is 3.13. The van der Waals surface area contributed by atoms with Crippen LogP contribution in [0.15, 0.2) is 42.5 Å². The van der Waals surface area contributed by atoms with Crippen molar-refractivity contribution in [1.29, 1.82) is 0 Å².